The Hall–Kier alpha value is -7.36. The summed E-state index contributed by atoms with van der Waals surface area (Å²) >= 11 is 0. The van der Waals surface area contributed by atoms with E-state index in [0.717, 1.165) is 55.2 Å². The van der Waals surface area contributed by atoms with Crippen LogP contribution in [0.5, 0.6) is 0 Å². The Morgan fingerprint density at radius 3 is 1.78 bits per heavy atom. The van der Waals surface area contributed by atoms with Crippen LogP contribution in [0.1, 0.15) is 6.85 Å². The zero-order valence-electron chi connectivity index (χ0n) is 34.4. The quantitative estimate of drug-likeness (QED) is 0.179. The van der Waals surface area contributed by atoms with E-state index in [0.29, 0.717) is 22.1 Å². The highest BCUT2D eigenvalue weighted by atomic mass is 16.3. The molecule has 0 atom stereocenters. The number of rotatable bonds is 4. The van der Waals surface area contributed by atoms with Crippen molar-refractivity contribution in [1.82, 2.24) is 9.13 Å². The second kappa shape index (κ2) is 11.6. The Morgan fingerprint density at radius 1 is 0.400 bits per heavy atom. The molecule has 0 spiro atoms. The molecule has 12 rings (SSSR count). The molecule has 0 radical (unpaired) electrons. The number of para-hydroxylation sites is 2. The van der Waals surface area contributed by atoms with Gasteiger partial charge in [0.05, 0.1) is 34.6 Å². The SMILES string of the molecule is [2H]c1c([2H])c([2H])c(-c2cccc3oc4ccc(-n5c6ccccc6c6cc(-c7ccc8c(c7)c7ccccc7n8-c7cccc8ccccc78)ccc65)cc4c23)c([2H])c1[2H]. The molecule has 0 saturated carbocycles. The summed E-state index contributed by atoms with van der Waals surface area (Å²) in [6.07, 6.45) is 0. The maximum Gasteiger partial charge on any atom is 0.136 e. The molecular formula is C52H32N2O. The minimum atomic E-state index is -0.417. The van der Waals surface area contributed by atoms with Gasteiger partial charge in [-0.25, -0.2) is 0 Å². The van der Waals surface area contributed by atoms with Gasteiger partial charge >= 0.3 is 0 Å². The third-order valence-corrected chi connectivity index (χ3v) is 11.2. The van der Waals surface area contributed by atoms with Crippen LogP contribution in [-0.2, 0) is 0 Å². The number of aromatic nitrogens is 2. The van der Waals surface area contributed by atoms with Crippen LogP contribution in [0.3, 0.4) is 0 Å². The minimum Gasteiger partial charge on any atom is -0.456 e. The molecule has 3 heterocycles. The van der Waals surface area contributed by atoms with Gasteiger partial charge in [-0.15, -0.1) is 0 Å². The van der Waals surface area contributed by atoms with E-state index in [4.69, 9.17) is 11.3 Å². The van der Waals surface area contributed by atoms with E-state index >= 15 is 0 Å². The molecule has 0 N–H and O–H groups in total. The van der Waals surface area contributed by atoms with E-state index < -0.39 is 6.04 Å². The standard InChI is InChI=1S/C52H32N2O/c1-2-12-34(13-3-1)39-19-11-23-51-52(39)44-32-37(26-29-50(44)55-51)53-46-20-8-6-17-40(46)42-30-35(24-27-48(42)53)36-25-28-49-43(31-36)41-18-7-9-21-47(41)54(49)45-22-10-15-33-14-4-5-16-38(33)45/h1-32H/i1D,2D,3D,12D,13D. The molecule has 9 aromatic carbocycles. The predicted molar refractivity (Wildman–Crippen MR) is 231 cm³/mol. The largest absolute Gasteiger partial charge is 0.456 e. The molecule has 0 aliphatic heterocycles. The number of hydrogen-bond acceptors (Lipinski definition) is 1. The normalized spacial score (nSPS) is 13.3. The van der Waals surface area contributed by atoms with Crippen molar-refractivity contribution in [2.75, 3.05) is 0 Å². The zero-order chi connectivity index (χ0) is 40.4. The van der Waals surface area contributed by atoms with E-state index in [9.17, 15) is 0 Å². The first kappa shape index (κ1) is 25.6. The zero-order valence-corrected chi connectivity index (χ0v) is 29.4. The van der Waals surface area contributed by atoms with Crippen molar-refractivity contribution >= 4 is 76.3 Å². The first-order chi connectivity index (χ1) is 29.4. The fourth-order valence-electron chi connectivity index (χ4n) is 8.79. The molecule has 0 amide bonds. The second-order valence-electron chi connectivity index (χ2n) is 14.1. The van der Waals surface area contributed by atoms with Crippen molar-refractivity contribution in [3.05, 3.63) is 194 Å². The summed E-state index contributed by atoms with van der Waals surface area (Å²) in [6, 6.07) is 55.6. The van der Waals surface area contributed by atoms with Crippen LogP contribution in [0, 0.1) is 0 Å². The highest BCUT2D eigenvalue weighted by molar-refractivity contribution is 6.15. The fraction of sp³-hybridized carbons (Fsp3) is 0. The Bertz CT molecular complexity index is 3770. The maximum absolute atomic E-state index is 8.76. The van der Waals surface area contributed by atoms with Gasteiger partial charge in [0.15, 0.2) is 0 Å². The van der Waals surface area contributed by atoms with Gasteiger partial charge < -0.3 is 13.6 Å². The van der Waals surface area contributed by atoms with E-state index in [1.54, 1.807) is 12.1 Å². The molecule has 12 aromatic rings. The van der Waals surface area contributed by atoms with Crippen LogP contribution in [0.2, 0.25) is 0 Å². The summed E-state index contributed by atoms with van der Waals surface area (Å²) in [7, 11) is 0. The average molecular weight is 706 g/mol. The highest BCUT2D eigenvalue weighted by Gasteiger charge is 2.19. The molecule has 0 aliphatic carbocycles. The summed E-state index contributed by atoms with van der Waals surface area (Å²) in [5.41, 5.74) is 10.7. The summed E-state index contributed by atoms with van der Waals surface area (Å²) in [4.78, 5) is 0. The van der Waals surface area contributed by atoms with Gasteiger partial charge in [0, 0.05) is 43.4 Å². The second-order valence-corrected chi connectivity index (χ2v) is 14.1. The number of benzene rings is 9. The summed E-state index contributed by atoms with van der Waals surface area (Å²) in [5, 5.41) is 8.57. The van der Waals surface area contributed by atoms with Gasteiger partial charge in [-0.1, -0.05) is 127 Å². The van der Waals surface area contributed by atoms with Gasteiger partial charge in [0.2, 0.25) is 0 Å². The van der Waals surface area contributed by atoms with Crippen LogP contribution in [0.15, 0.2) is 198 Å². The lowest BCUT2D eigenvalue weighted by Gasteiger charge is -2.12. The number of fused-ring (bicyclic) bond motifs is 10. The average Bonchev–Trinajstić information content (AvgIpc) is 3.94. The number of nitrogens with zero attached hydrogens (tertiary/aromatic N) is 2. The molecule has 0 unspecified atom stereocenters. The molecule has 3 heteroatoms. The molecule has 0 aliphatic rings. The van der Waals surface area contributed by atoms with Gasteiger partial charge in [-0.05, 0) is 94.4 Å². The van der Waals surface area contributed by atoms with Crippen LogP contribution < -0.4 is 0 Å². The lowest BCUT2D eigenvalue weighted by atomic mass is 9.99. The Kier molecular flexibility index (Phi) is 5.38. The first-order valence-corrected chi connectivity index (χ1v) is 18.4. The molecule has 0 bridgehead atoms. The van der Waals surface area contributed by atoms with Gasteiger partial charge in [-0.3, -0.25) is 0 Å². The summed E-state index contributed by atoms with van der Waals surface area (Å²) in [6.45, 7) is 0. The number of furan rings is 1. The molecule has 3 nitrogen and oxygen atoms in total. The third kappa shape index (κ3) is 4.44. The maximum atomic E-state index is 8.76. The smallest absolute Gasteiger partial charge is 0.136 e. The van der Waals surface area contributed by atoms with Crippen molar-refractivity contribution in [1.29, 1.82) is 0 Å². The highest BCUT2D eigenvalue weighted by Crippen LogP contribution is 2.41. The van der Waals surface area contributed by atoms with E-state index in [2.05, 4.69) is 143 Å². The van der Waals surface area contributed by atoms with Crippen LogP contribution in [0.4, 0.5) is 0 Å². The van der Waals surface area contributed by atoms with Gasteiger partial charge in [0.1, 0.15) is 11.2 Å². The van der Waals surface area contributed by atoms with Crippen molar-refractivity contribution in [2.45, 2.75) is 0 Å². The monoisotopic (exact) mass is 705 g/mol. The van der Waals surface area contributed by atoms with E-state index in [-0.39, 0.29) is 29.7 Å². The molecule has 0 saturated heterocycles. The number of hydrogen-bond donors (Lipinski definition) is 0. The van der Waals surface area contributed by atoms with Crippen molar-refractivity contribution in [2.24, 2.45) is 0 Å². The summed E-state index contributed by atoms with van der Waals surface area (Å²) < 4.78 is 53.4. The molecule has 0 fully saturated rings. The van der Waals surface area contributed by atoms with Crippen LogP contribution in [-0.4, -0.2) is 9.13 Å². The lowest BCUT2D eigenvalue weighted by Crippen LogP contribution is -1.95. The molecular weight excluding hydrogens is 669 g/mol. The van der Waals surface area contributed by atoms with Crippen molar-refractivity contribution < 1.29 is 11.3 Å². The predicted octanol–water partition coefficient (Wildman–Crippen LogP) is 14.3. The van der Waals surface area contributed by atoms with Gasteiger partial charge in [0.25, 0.3) is 0 Å². The van der Waals surface area contributed by atoms with Crippen molar-refractivity contribution in [3.63, 3.8) is 0 Å². The third-order valence-electron chi connectivity index (χ3n) is 11.2. The van der Waals surface area contributed by atoms with Crippen LogP contribution >= 0.6 is 0 Å². The Labute approximate surface area is 323 Å². The minimum absolute atomic E-state index is 0.153. The Balaban J connectivity index is 1.03. The molecule has 55 heavy (non-hydrogen) atoms. The van der Waals surface area contributed by atoms with E-state index in [1.807, 2.05) is 18.2 Å². The first-order valence-electron chi connectivity index (χ1n) is 20.9. The topological polar surface area (TPSA) is 23.0 Å². The summed E-state index contributed by atoms with van der Waals surface area (Å²) in [5.74, 6) is 0. The molecule has 3 aromatic heterocycles. The fourth-order valence-corrected chi connectivity index (χ4v) is 8.79. The van der Waals surface area contributed by atoms with E-state index in [1.165, 1.54) is 27.1 Å². The lowest BCUT2D eigenvalue weighted by molar-refractivity contribution is 0.669. The van der Waals surface area contributed by atoms with Crippen molar-refractivity contribution in [3.8, 4) is 33.6 Å². The van der Waals surface area contributed by atoms with Crippen LogP contribution in [0.25, 0.3) is 110 Å². The Morgan fingerprint density at radius 2 is 1.02 bits per heavy atom. The molecule has 256 valence electrons. The van der Waals surface area contributed by atoms with Gasteiger partial charge in [-0.2, -0.15) is 0 Å².